The molecule has 0 radical (unpaired) electrons. The number of oxazole rings is 1. The van der Waals surface area contributed by atoms with Crippen LogP contribution in [0.2, 0.25) is 0 Å². The average molecular weight is 313 g/mol. The van der Waals surface area contributed by atoms with Crippen molar-refractivity contribution in [2.75, 3.05) is 13.1 Å². The van der Waals surface area contributed by atoms with Crippen LogP contribution in [0.1, 0.15) is 31.6 Å². The molecule has 0 aliphatic carbocycles. The fraction of sp³-hybridized carbons (Fsp3) is 0.444. The van der Waals surface area contributed by atoms with E-state index < -0.39 is 0 Å². The van der Waals surface area contributed by atoms with E-state index in [9.17, 15) is 4.79 Å². The van der Waals surface area contributed by atoms with E-state index in [1.54, 1.807) is 6.20 Å². The van der Waals surface area contributed by atoms with Gasteiger partial charge in [0, 0.05) is 37.5 Å². The van der Waals surface area contributed by atoms with Crippen LogP contribution in [-0.2, 0) is 11.2 Å². The molecule has 1 atom stereocenters. The average Bonchev–Trinajstić information content (AvgIpc) is 3.04. The topological polar surface area (TPSA) is 72.4 Å². The van der Waals surface area contributed by atoms with Gasteiger partial charge in [0.05, 0.1) is 6.20 Å². The molecule has 0 bridgehead atoms. The van der Waals surface area contributed by atoms with Gasteiger partial charge in [-0.15, -0.1) is 0 Å². The number of hydrogen-bond acceptors (Lipinski definition) is 4. The van der Waals surface area contributed by atoms with Crippen molar-refractivity contribution in [3.63, 3.8) is 0 Å². The first-order chi connectivity index (χ1) is 11.2. The van der Waals surface area contributed by atoms with Crippen LogP contribution < -0.4 is 5.73 Å². The summed E-state index contributed by atoms with van der Waals surface area (Å²) in [6.07, 6.45) is 5.72. The third kappa shape index (κ3) is 4.20. The van der Waals surface area contributed by atoms with Crippen LogP contribution in [0.15, 0.2) is 40.9 Å². The van der Waals surface area contributed by atoms with Crippen LogP contribution in [0.3, 0.4) is 0 Å². The number of amides is 1. The first kappa shape index (κ1) is 15.7. The second-order valence-electron chi connectivity index (χ2n) is 6.08. The number of rotatable bonds is 5. The summed E-state index contributed by atoms with van der Waals surface area (Å²) < 4.78 is 5.76. The normalized spacial score (nSPS) is 18.1. The third-order valence-electron chi connectivity index (χ3n) is 4.20. The summed E-state index contributed by atoms with van der Waals surface area (Å²) in [5.41, 5.74) is 6.94. The predicted octanol–water partition coefficient (Wildman–Crippen LogP) is 2.61. The molecule has 2 aromatic rings. The Kier molecular flexibility index (Phi) is 5.08. The minimum atomic E-state index is 0.132. The van der Waals surface area contributed by atoms with E-state index in [1.807, 2.05) is 35.2 Å². The summed E-state index contributed by atoms with van der Waals surface area (Å²) >= 11 is 0. The van der Waals surface area contributed by atoms with E-state index in [-0.39, 0.29) is 11.9 Å². The summed E-state index contributed by atoms with van der Waals surface area (Å²) in [4.78, 5) is 18.4. The molecular formula is C18H23N3O2. The summed E-state index contributed by atoms with van der Waals surface area (Å²) in [5, 5.41) is 0. The Bertz CT molecular complexity index is 639. The molecular weight excluding hydrogens is 290 g/mol. The summed E-state index contributed by atoms with van der Waals surface area (Å²) in [6, 6.07) is 10.0. The molecule has 5 heteroatoms. The zero-order valence-corrected chi connectivity index (χ0v) is 13.3. The number of carbonyl (C=O) groups excluding carboxylic acids is 1. The highest BCUT2D eigenvalue weighted by atomic mass is 16.4. The molecule has 5 nitrogen and oxygen atoms in total. The summed E-state index contributed by atoms with van der Waals surface area (Å²) in [6.45, 7) is 1.53. The van der Waals surface area contributed by atoms with Gasteiger partial charge in [0.25, 0.3) is 0 Å². The SMILES string of the molecule is NC1CCCN(C(=O)CCCc2ncc(-c3ccccc3)o2)C1. The van der Waals surface area contributed by atoms with Crippen molar-refractivity contribution in [2.24, 2.45) is 5.73 Å². The Morgan fingerprint density at radius 1 is 1.35 bits per heavy atom. The van der Waals surface area contributed by atoms with Crippen molar-refractivity contribution in [3.8, 4) is 11.3 Å². The smallest absolute Gasteiger partial charge is 0.222 e. The first-order valence-corrected chi connectivity index (χ1v) is 8.26. The number of benzene rings is 1. The highest BCUT2D eigenvalue weighted by Crippen LogP contribution is 2.20. The van der Waals surface area contributed by atoms with E-state index in [2.05, 4.69) is 4.98 Å². The van der Waals surface area contributed by atoms with Crippen molar-refractivity contribution in [1.29, 1.82) is 0 Å². The Hall–Kier alpha value is -2.14. The Balaban J connectivity index is 1.47. The zero-order valence-electron chi connectivity index (χ0n) is 13.3. The highest BCUT2D eigenvalue weighted by Gasteiger charge is 2.20. The van der Waals surface area contributed by atoms with E-state index in [4.69, 9.17) is 10.2 Å². The number of aromatic nitrogens is 1. The first-order valence-electron chi connectivity index (χ1n) is 8.26. The lowest BCUT2D eigenvalue weighted by Crippen LogP contribution is -2.45. The molecule has 2 N–H and O–H groups in total. The van der Waals surface area contributed by atoms with Gasteiger partial charge in [-0.2, -0.15) is 0 Å². The van der Waals surface area contributed by atoms with Gasteiger partial charge >= 0.3 is 0 Å². The molecule has 1 aromatic carbocycles. The van der Waals surface area contributed by atoms with Gasteiger partial charge in [0.15, 0.2) is 11.7 Å². The molecule has 2 heterocycles. The zero-order chi connectivity index (χ0) is 16.1. The second kappa shape index (κ2) is 7.42. The van der Waals surface area contributed by atoms with Gasteiger partial charge in [0.2, 0.25) is 5.91 Å². The number of nitrogens with zero attached hydrogens (tertiary/aromatic N) is 2. The van der Waals surface area contributed by atoms with Crippen molar-refractivity contribution in [3.05, 3.63) is 42.4 Å². The number of likely N-dealkylation sites (tertiary alicyclic amines) is 1. The van der Waals surface area contributed by atoms with Gasteiger partial charge in [-0.3, -0.25) is 4.79 Å². The molecule has 1 unspecified atom stereocenters. The van der Waals surface area contributed by atoms with Crippen molar-refractivity contribution >= 4 is 5.91 Å². The van der Waals surface area contributed by atoms with Crippen molar-refractivity contribution in [1.82, 2.24) is 9.88 Å². The number of piperidine rings is 1. The van der Waals surface area contributed by atoms with Crippen LogP contribution in [0.4, 0.5) is 0 Å². The van der Waals surface area contributed by atoms with Gasteiger partial charge in [-0.1, -0.05) is 30.3 Å². The highest BCUT2D eigenvalue weighted by molar-refractivity contribution is 5.76. The minimum absolute atomic E-state index is 0.132. The molecule has 3 rings (SSSR count). The Morgan fingerprint density at radius 2 is 2.17 bits per heavy atom. The molecule has 0 saturated carbocycles. The van der Waals surface area contributed by atoms with Crippen LogP contribution in [0.5, 0.6) is 0 Å². The molecule has 23 heavy (non-hydrogen) atoms. The lowest BCUT2D eigenvalue weighted by atomic mass is 10.1. The summed E-state index contributed by atoms with van der Waals surface area (Å²) in [7, 11) is 0. The second-order valence-corrected chi connectivity index (χ2v) is 6.08. The Labute approximate surface area is 136 Å². The minimum Gasteiger partial charge on any atom is -0.441 e. The van der Waals surface area contributed by atoms with Crippen molar-refractivity contribution < 1.29 is 9.21 Å². The van der Waals surface area contributed by atoms with Gasteiger partial charge in [-0.25, -0.2) is 4.98 Å². The lowest BCUT2D eigenvalue weighted by molar-refractivity contribution is -0.132. The van der Waals surface area contributed by atoms with Gasteiger partial charge in [0.1, 0.15) is 0 Å². The fourth-order valence-corrected chi connectivity index (χ4v) is 2.95. The van der Waals surface area contributed by atoms with Crippen molar-refractivity contribution in [2.45, 2.75) is 38.1 Å². The van der Waals surface area contributed by atoms with Crippen LogP contribution >= 0.6 is 0 Å². The van der Waals surface area contributed by atoms with E-state index in [0.29, 0.717) is 25.3 Å². The Morgan fingerprint density at radius 3 is 2.96 bits per heavy atom. The maximum absolute atomic E-state index is 12.2. The number of hydrogen-bond donors (Lipinski definition) is 1. The van der Waals surface area contributed by atoms with Crippen LogP contribution in [0.25, 0.3) is 11.3 Å². The predicted molar refractivity (Wildman–Crippen MR) is 88.7 cm³/mol. The maximum atomic E-state index is 12.2. The molecule has 1 fully saturated rings. The molecule has 1 amide bonds. The van der Waals surface area contributed by atoms with E-state index in [1.165, 1.54) is 0 Å². The molecule has 1 aromatic heterocycles. The van der Waals surface area contributed by atoms with Crippen LogP contribution in [-0.4, -0.2) is 34.9 Å². The molecule has 122 valence electrons. The summed E-state index contributed by atoms with van der Waals surface area (Å²) in [5.74, 6) is 1.65. The fourth-order valence-electron chi connectivity index (χ4n) is 2.95. The third-order valence-corrected chi connectivity index (χ3v) is 4.20. The van der Waals surface area contributed by atoms with Crippen LogP contribution in [0, 0.1) is 0 Å². The number of carbonyl (C=O) groups is 1. The lowest BCUT2D eigenvalue weighted by Gasteiger charge is -2.30. The molecule has 1 aliphatic heterocycles. The number of aryl methyl sites for hydroxylation is 1. The quantitative estimate of drug-likeness (QED) is 0.921. The maximum Gasteiger partial charge on any atom is 0.222 e. The monoisotopic (exact) mass is 313 g/mol. The van der Waals surface area contributed by atoms with Gasteiger partial charge < -0.3 is 15.1 Å². The van der Waals surface area contributed by atoms with E-state index >= 15 is 0 Å². The molecule has 1 aliphatic rings. The van der Waals surface area contributed by atoms with E-state index in [0.717, 1.165) is 37.1 Å². The van der Waals surface area contributed by atoms with Gasteiger partial charge in [-0.05, 0) is 19.3 Å². The molecule has 1 saturated heterocycles. The largest absolute Gasteiger partial charge is 0.441 e. The number of nitrogens with two attached hydrogens (primary N) is 1. The molecule has 0 spiro atoms. The standard InChI is InChI=1S/C18H23N3O2/c19-15-8-5-11-21(13-15)18(22)10-4-9-17-20-12-16(23-17)14-6-2-1-3-7-14/h1-3,6-7,12,15H,4-5,8-11,13,19H2.